The van der Waals surface area contributed by atoms with E-state index >= 15 is 0 Å². The van der Waals surface area contributed by atoms with Crippen LogP contribution in [-0.4, -0.2) is 55.4 Å². The fraction of sp³-hybridized carbons (Fsp3) is 0.440. The predicted octanol–water partition coefficient (Wildman–Crippen LogP) is 3.05. The van der Waals surface area contributed by atoms with Gasteiger partial charge >= 0.3 is 0 Å². The number of fused-ring (bicyclic) bond motifs is 2. The Labute approximate surface area is 193 Å². The molecular weight excluding hydrogens is 424 g/mol. The molecule has 1 fully saturated rings. The maximum absolute atomic E-state index is 13.6. The zero-order valence-corrected chi connectivity index (χ0v) is 18.9. The molecular formula is C25H28N2O6. The van der Waals surface area contributed by atoms with Crippen molar-refractivity contribution in [2.45, 2.75) is 45.4 Å². The molecule has 0 aliphatic carbocycles. The van der Waals surface area contributed by atoms with Gasteiger partial charge in [-0.3, -0.25) is 14.5 Å². The third kappa shape index (κ3) is 4.48. The molecule has 2 aromatic rings. The smallest absolute Gasteiger partial charge is 0.268 e. The van der Waals surface area contributed by atoms with Crippen molar-refractivity contribution in [1.29, 1.82) is 0 Å². The normalized spacial score (nSPS) is 21.0. The SMILES string of the molecule is Cc1ccc2c(c1)N(CC(=O)N(Cc1ccc3c(c1)OCO3)C[C@@H]1CCCO1)C(=O)[C@@H](C)O2. The lowest BCUT2D eigenvalue weighted by Crippen LogP contribution is -2.50. The highest BCUT2D eigenvalue weighted by molar-refractivity contribution is 6.03. The maximum Gasteiger partial charge on any atom is 0.268 e. The number of benzene rings is 2. The molecule has 8 nitrogen and oxygen atoms in total. The van der Waals surface area contributed by atoms with Gasteiger partial charge in [0.2, 0.25) is 12.7 Å². The van der Waals surface area contributed by atoms with Crippen LogP contribution in [-0.2, 0) is 20.9 Å². The van der Waals surface area contributed by atoms with Crippen LogP contribution in [0.2, 0.25) is 0 Å². The molecule has 0 unspecified atom stereocenters. The second-order valence-electron chi connectivity index (χ2n) is 8.75. The molecule has 0 N–H and O–H groups in total. The summed E-state index contributed by atoms with van der Waals surface area (Å²) in [5.74, 6) is 1.64. The molecule has 5 rings (SSSR count). The standard InChI is InChI=1S/C25H28N2O6/c1-16-5-7-21-20(10-16)27(25(29)17(2)33-21)14-24(28)26(13-19-4-3-9-30-19)12-18-6-8-22-23(11-18)32-15-31-22/h5-8,10-11,17,19H,3-4,9,12-15H2,1-2H3/t17-,19+/m1/s1. The molecule has 3 aliphatic rings. The van der Waals surface area contributed by atoms with E-state index in [1.54, 1.807) is 16.7 Å². The summed E-state index contributed by atoms with van der Waals surface area (Å²) >= 11 is 0. The number of nitrogens with zero attached hydrogens (tertiary/aromatic N) is 2. The molecule has 2 aromatic carbocycles. The summed E-state index contributed by atoms with van der Waals surface area (Å²) in [5, 5.41) is 0. The van der Waals surface area contributed by atoms with Crippen molar-refractivity contribution in [3.63, 3.8) is 0 Å². The number of amides is 2. The zero-order chi connectivity index (χ0) is 22.9. The molecule has 2 atom stereocenters. The third-order valence-corrected chi connectivity index (χ3v) is 6.23. The molecule has 0 aromatic heterocycles. The molecule has 0 spiro atoms. The van der Waals surface area contributed by atoms with Crippen LogP contribution in [0.25, 0.3) is 0 Å². The predicted molar refractivity (Wildman–Crippen MR) is 121 cm³/mol. The van der Waals surface area contributed by atoms with E-state index in [1.807, 2.05) is 43.3 Å². The van der Waals surface area contributed by atoms with Crippen LogP contribution in [0.5, 0.6) is 17.2 Å². The van der Waals surface area contributed by atoms with Crippen LogP contribution in [0.3, 0.4) is 0 Å². The summed E-state index contributed by atoms with van der Waals surface area (Å²) in [4.78, 5) is 29.8. The molecule has 0 saturated carbocycles. The van der Waals surface area contributed by atoms with Gasteiger partial charge in [-0.15, -0.1) is 0 Å². The molecule has 2 amide bonds. The molecule has 8 heteroatoms. The first-order valence-electron chi connectivity index (χ1n) is 11.3. The number of hydrogen-bond donors (Lipinski definition) is 0. The van der Waals surface area contributed by atoms with Crippen LogP contribution in [0, 0.1) is 6.92 Å². The zero-order valence-electron chi connectivity index (χ0n) is 18.9. The summed E-state index contributed by atoms with van der Waals surface area (Å²) in [6.45, 7) is 5.38. The number of ether oxygens (including phenoxy) is 4. The number of aryl methyl sites for hydroxylation is 1. The summed E-state index contributed by atoms with van der Waals surface area (Å²) in [7, 11) is 0. The van der Waals surface area contributed by atoms with Gasteiger partial charge in [0, 0.05) is 19.7 Å². The molecule has 33 heavy (non-hydrogen) atoms. The Bertz CT molecular complexity index is 1060. The van der Waals surface area contributed by atoms with Crippen molar-refractivity contribution < 1.29 is 28.5 Å². The van der Waals surface area contributed by atoms with Crippen molar-refractivity contribution >= 4 is 17.5 Å². The Morgan fingerprint density at radius 1 is 1.12 bits per heavy atom. The van der Waals surface area contributed by atoms with Gasteiger partial charge in [-0.2, -0.15) is 0 Å². The largest absolute Gasteiger partial charge is 0.479 e. The lowest BCUT2D eigenvalue weighted by atomic mass is 10.1. The molecule has 3 aliphatic heterocycles. The lowest BCUT2D eigenvalue weighted by molar-refractivity contribution is -0.134. The van der Waals surface area contributed by atoms with Gasteiger partial charge in [-0.05, 0) is 62.1 Å². The Morgan fingerprint density at radius 3 is 2.76 bits per heavy atom. The molecule has 0 radical (unpaired) electrons. The van der Waals surface area contributed by atoms with E-state index in [2.05, 4.69) is 0 Å². The quantitative estimate of drug-likeness (QED) is 0.671. The van der Waals surface area contributed by atoms with E-state index in [4.69, 9.17) is 18.9 Å². The van der Waals surface area contributed by atoms with Crippen molar-refractivity contribution in [3.8, 4) is 17.2 Å². The summed E-state index contributed by atoms with van der Waals surface area (Å²) in [6.07, 6.45) is 1.26. The van der Waals surface area contributed by atoms with Crippen LogP contribution in [0.4, 0.5) is 5.69 Å². The third-order valence-electron chi connectivity index (χ3n) is 6.23. The van der Waals surface area contributed by atoms with Crippen LogP contribution in [0.15, 0.2) is 36.4 Å². The van der Waals surface area contributed by atoms with Crippen LogP contribution < -0.4 is 19.1 Å². The first kappa shape index (κ1) is 21.6. The highest BCUT2D eigenvalue weighted by Gasteiger charge is 2.34. The van der Waals surface area contributed by atoms with Gasteiger partial charge in [0.05, 0.1) is 11.8 Å². The van der Waals surface area contributed by atoms with Gasteiger partial charge in [-0.25, -0.2) is 0 Å². The Morgan fingerprint density at radius 2 is 1.94 bits per heavy atom. The Kier molecular flexibility index (Phi) is 5.85. The van der Waals surface area contributed by atoms with E-state index in [1.165, 1.54) is 0 Å². The molecule has 3 heterocycles. The lowest BCUT2D eigenvalue weighted by Gasteiger charge is -2.34. The minimum atomic E-state index is -0.645. The fourth-order valence-electron chi connectivity index (χ4n) is 4.46. The van der Waals surface area contributed by atoms with Crippen molar-refractivity contribution in [2.75, 3.05) is 31.4 Å². The molecule has 1 saturated heterocycles. The molecule has 174 valence electrons. The van der Waals surface area contributed by atoms with Crippen molar-refractivity contribution in [1.82, 2.24) is 4.90 Å². The number of anilines is 1. The van der Waals surface area contributed by atoms with Gasteiger partial charge in [0.15, 0.2) is 17.6 Å². The van der Waals surface area contributed by atoms with E-state index in [-0.39, 0.29) is 31.3 Å². The van der Waals surface area contributed by atoms with Crippen LogP contribution in [0.1, 0.15) is 30.9 Å². The fourth-order valence-corrected chi connectivity index (χ4v) is 4.46. The Balaban J connectivity index is 1.38. The van der Waals surface area contributed by atoms with Gasteiger partial charge in [0.25, 0.3) is 5.91 Å². The minimum absolute atomic E-state index is 0.00296. The van der Waals surface area contributed by atoms with E-state index in [0.29, 0.717) is 42.6 Å². The Hall–Kier alpha value is -3.26. The molecule has 0 bridgehead atoms. The summed E-state index contributed by atoms with van der Waals surface area (Å²) in [6, 6.07) is 11.4. The number of rotatable bonds is 6. The highest BCUT2D eigenvalue weighted by atomic mass is 16.7. The first-order chi connectivity index (χ1) is 16.0. The summed E-state index contributed by atoms with van der Waals surface area (Å²) in [5.41, 5.74) is 2.56. The topological polar surface area (TPSA) is 77.5 Å². The van der Waals surface area contributed by atoms with E-state index in [9.17, 15) is 9.59 Å². The highest BCUT2D eigenvalue weighted by Crippen LogP contribution is 2.35. The number of hydrogen-bond acceptors (Lipinski definition) is 6. The van der Waals surface area contributed by atoms with Crippen molar-refractivity contribution in [2.24, 2.45) is 0 Å². The average Bonchev–Trinajstić information content (AvgIpc) is 3.48. The number of carbonyl (C=O) groups excluding carboxylic acids is 2. The average molecular weight is 453 g/mol. The van der Waals surface area contributed by atoms with Gasteiger partial charge < -0.3 is 23.8 Å². The monoisotopic (exact) mass is 452 g/mol. The second kappa shape index (κ2) is 8.94. The summed E-state index contributed by atoms with van der Waals surface area (Å²) < 4.78 is 22.5. The van der Waals surface area contributed by atoms with Crippen molar-refractivity contribution in [3.05, 3.63) is 47.5 Å². The van der Waals surface area contributed by atoms with E-state index in [0.717, 1.165) is 24.0 Å². The first-order valence-corrected chi connectivity index (χ1v) is 11.3. The second-order valence-corrected chi connectivity index (χ2v) is 8.75. The number of carbonyl (C=O) groups is 2. The maximum atomic E-state index is 13.6. The van der Waals surface area contributed by atoms with Gasteiger partial charge in [-0.1, -0.05) is 12.1 Å². The van der Waals surface area contributed by atoms with E-state index < -0.39 is 6.10 Å². The van der Waals surface area contributed by atoms with Crippen LogP contribution >= 0.6 is 0 Å². The minimum Gasteiger partial charge on any atom is -0.479 e. The van der Waals surface area contributed by atoms with Gasteiger partial charge in [0.1, 0.15) is 12.3 Å².